The summed E-state index contributed by atoms with van der Waals surface area (Å²) in [5, 5.41) is 18.6. The SMILES string of the molecule is CC(C)(C(=O)O)n1cc(NC(=O)CNC(=O)c2ccc(Cl)c(Cl)c2)cn1. The molecule has 2 rings (SSSR count). The first-order valence-corrected chi connectivity index (χ1v) is 8.18. The average Bonchev–Trinajstić information content (AvgIpc) is 3.04. The largest absolute Gasteiger partial charge is 0.479 e. The lowest BCUT2D eigenvalue weighted by atomic mass is 10.1. The maximum absolute atomic E-state index is 12.0. The molecule has 1 heterocycles. The van der Waals surface area contributed by atoms with Crippen molar-refractivity contribution in [2.75, 3.05) is 11.9 Å². The summed E-state index contributed by atoms with van der Waals surface area (Å²) in [4.78, 5) is 35.1. The average molecular weight is 399 g/mol. The van der Waals surface area contributed by atoms with Crippen molar-refractivity contribution >= 4 is 46.7 Å². The maximum Gasteiger partial charge on any atom is 0.331 e. The molecule has 0 unspecified atom stereocenters. The van der Waals surface area contributed by atoms with Gasteiger partial charge in [0.15, 0.2) is 5.54 Å². The second kappa shape index (κ2) is 7.76. The van der Waals surface area contributed by atoms with Gasteiger partial charge in [-0.2, -0.15) is 5.10 Å². The van der Waals surface area contributed by atoms with E-state index >= 15 is 0 Å². The predicted molar refractivity (Wildman–Crippen MR) is 96.6 cm³/mol. The van der Waals surface area contributed by atoms with Gasteiger partial charge in [0.1, 0.15) is 0 Å². The molecular formula is C16H16Cl2N4O4. The van der Waals surface area contributed by atoms with Gasteiger partial charge >= 0.3 is 5.97 Å². The molecule has 1 aromatic heterocycles. The van der Waals surface area contributed by atoms with E-state index in [2.05, 4.69) is 15.7 Å². The minimum Gasteiger partial charge on any atom is -0.479 e. The minimum absolute atomic E-state index is 0.234. The predicted octanol–water partition coefficient (Wildman–Crippen LogP) is 2.38. The number of hydrogen-bond acceptors (Lipinski definition) is 4. The fourth-order valence-corrected chi connectivity index (χ4v) is 2.19. The molecule has 0 bridgehead atoms. The number of anilines is 1. The maximum atomic E-state index is 12.0. The van der Waals surface area contributed by atoms with Crippen molar-refractivity contribution in [1.82, 2.24) is 15.1 Å². The Kier molecular flexibility index (Phi) is 5.89. The van der Waals surface area contributed by atoms with E-state index in [0.29, 0.717) is 10.7 Å². The molecule has 2 aromatic rings. The molecule has 0 spiro atoms. The van der Waals surface area contributed by atoms with E-state index < -0.39 is 23.3 Å². The van der Waals surface area contributed by atoms with E-state index in [1.54, 1.807) is 0 Å². The Labute approximate surface area is 159 Å². The second-order valence-corrected chi connectivity index (χ2v) is 6.71. The number of benzene rings is 1. The van der Waals surface area contributed by atoms with E-state index in [-0.39, 0.29) is 17.1 Å². The number of aromatic nitrogens is 2. The van der Waals surface area contributed by atoms with E-state index in [1.165, 1.54) is 49.1 Å². The van der Waals surface area contributed by atoms with Gasteiger partial charge in [-0.25, -0.2) is 4.79 Å². The van der Waals surface area contributed by atoms with Gasteiger partial charge in [-0.1, -0.05) is 23.2 Å². The van der Waals surface area contributed by atoms with E-state index in [4.69, 9.17) is 28.3 Å². The lowest BCUT2D eigenvalue weighted by Crippen LogP contribution is -2.36. The summed E-state index contributed by atoms with van der Waals surface area (Å²) in [6.45, 7) is 2.67. The van der Waals surface area contributed by atoms with Crippen LogP contribution in [0.1, 0.15) is 24.2 Å². The highest BCUT2D eigenvalue weighted by Gasteiger charge is 2.30. The van der Waals surface area contributed by atoms with E-state index in [0.717, 1.165) is 0 Å². The van der Waals surface area contributed by atoms with Crippen molar-refractivity contribution in [3.8, 4) is 0 Å². The molecule has 0 aliphatic heterocycles. The third kappa shape index (κ3) is 4.53. The summed E-state index contributed by atoms with van der Waals surface area (Å²) in [5.41, 5.74) is -0.679. The van der Waals surface area contributed by atoms with Gasteiger partial charge in [0.25, 0.3) is 5.91 Å². The number of hydrogen-bond donors (Lipinski definition) is 3. The summed E-state index contributed by atoms with van der Waals surface area (Å²) in [6.07, 6.45) is 2.72. The third-order valence-corrected chi connectivity index (χ3v) is 4.29. The van der Waals surface area contributed by atoms with Crippen LogP contribution in [0, 0.1) is 0 Å². The number of amides is 2. The van der Waals surface area contributed by atoms with Gasteiger partial charge in [0.2, 0.25) is 5.91 Å². The van der Waals surface area contributed by atoms with Crippen molar-refractivity contribution in [2.45, 2.75) is 19.4 Å². The molecule has 138 valence electrons. The van der Waals surface area contributed by atoms with Crippen LogP contribution in [0.25, 0.3) is 0 Å². The molecule has 0 fully saturated rings. The second-order valence-electron chi connectivity index (χ2n) is 5.90. The molecule has 0 saturated heterocycles. The minimum atomic E-state index is -1.26. The molecule has 0 radical (unpaired) electrons. The van der Waals surface area contributed by atoms with Crippen LogP contribution in [0.3, 0.4) is 0 Å². The number of rotatable bonds is 6. The smallest absolute Gasteiger partial charge is 0.331 e. The van der Waals surface area contributed by atoms with Crippen LogP contribution in [-0.4, -0.2) is 39.2 Å². The normalized spacial score (nSPS) is 11.1. The molecule has 1 aromatic carbocycles. The highest BCUT2D eigenvalue weighted by molar-refractivity contribution is 6.42. The van der Waals surface area contributed by atoms with Crippen LogP contribution in [0.4, 0.5) is 5.69 Å². The van der Waals surface area contributed by atoms with E-state index in [9.17, 15) is 14.4 Å². The molecule has 0 aliphatic carbocycles. The summed E-state index contributed by atoms with van der Waals surface area (Å²) >= 11 is 11.6. The highest BCUT2D eigenvalue weighted by Crippen LogP contribution is 2.22. The molecule has 8 nitrogen and oxygen atoms in total. The van der Waals surface area contributed by atoms with Crippen LogP contribution < -0.4 is 10.6 Å². The Morgan fingerprint density at radius 3 is 2.54 bits per heavy atom. The number of nitrogens with one attached hydrogen (secondary N) is 2. The van der Waals surface area contributed by atoms with Gasteiger partial charge < -0.3 is 15.7 Å². The summed E-state index contributed by atoms with van der Waals surface area (Å²) in [5.74, 6) is -2.04. The van der Waals surface area contributed by atoms with Crippen molar-refractivity contribution in [3.63, 3.8) is 0 Å². The highest BCUT2D eigenvalue weighted by atomic mass is 35.5. The first-order valence-electron chi connectivity index (χ1n) is 7.43. The standard InChI is InChI=1S/C16H16Cl2N4O4/c1-16(2,15(25)26)22-8-10(6-20-22)21-13(23)7-19-14(24)9-3-4-11(17)12(18)5-9/h3-6,8H,7H2,1-2H3,(H,19,24)(H,21,23)(H,25,26). The van der Waals surface area contributed by atoms with Crippen LogP contribution >= 0.6 is 23.2 Å². The number of nitrogens with zero attached hydrogens (tertiary/aromatic N) is 2. The Balaban J connectivity index is 1.93. The van der Waals surface area contributed by atoms with Gasteiger partial charge in [0.05, 0.1) is 28.5 Å². The fourth-order valence-electron chi connectivity index (χ4n) is 1.90. The Bertz CT molecular complexity index is 864. The van der Waals surface area contributed by atoms with Crippen LogP contribution in [0.2, 0.25) is 10.0 Å². The van der Waals surface area contributed by atoms with Gasteiger partial charge in [0, 0.05) is 11.8 Å². The van der Waals surface area contributed by atoms with Crippen molar-refractivity contribution in [3.05, 3.63) is 46.2 Å². The van der Waals surface area contributed by atoms with Crippen molar-refractivity contribution in [1.29, 1.82) is 0 Å². The summed E-state index contributed by atoms with van der Waals surface area (Å²) < 4.78 is 1.22. The zero-order chi connectivity index (χ0) is 19.5. The molecule has 0 aliphatic rings. The van der Waals surface area contributed by atoms with Gasteiger partial charge in [-0.15, -0.1) is 0 Å². The molecule has 0 atom stereocenters. The lowest BCUT2D eigenvalue weighted by Gasteiger charge is -2.19. The topological polar surface area (TPSA) is 113 Å². The molecule has 26 heavy (non-hydrogen) atoms. The van der Waals surface area contributed by atoms with Gasteiger partial charge in [-0.05, 0) is 32.0 Å². The quantitative estimate of drug-likeness (QED) is 0.690. The fraction of sp³-hybridized carbons (Fsp3) is 0.250. The number of carboxylic acids is 1. The molecule has 10 heteroatoms. The zero-order valence-corrected chi connectivity index (χ0v) is 15.4. The number of aliphatic carboxylic acids is 1. The number of carboxylic acid groups (broad SMARTS) is 1. The monoisotopic (exact) mass is 398 g/mol. The van der Waals surface area contributed by atoms with E-state index in [1.807, 2.05) is 0 Å². The Morgan fingerprint density at radius 1 is 1.23 bits per heavy atom. The number of carbonyl (C=O) groups excluding carboxylic acids is 2. The molecule has 0 saturated carbocycles. The summed E-state index contributed by atoms with van der Waals surface area (Å²) in [7, 11) is 0. The third-order valence-electron chi connectivity index (χ3n) is 3.55. The molecule has 2 amide bonds. The lowest BCUT2D eigenvalue weighted by molar-refractivity contribution is -0.146. The number of halogens is 2. The molecular weight excluding hydrogens is 383 g/mol. The first-order chi connectivity index (χ1) is 12.1. The summed E-state index contributed by atoms with van der Waals surface area (Å²) in [6, 6.07) is 4.37. The Hall–Kier alpha value is -2.58. The molecule has 3 N–H and O–H groups in total. The number of carbonyl (C=O) groups is 3. The van der Waals surface area contributed by atoms with Crippen LogP contribution in [0.15, 0.2) is 30.6 Å². The van der Waals surface area contributed by atoms with Crippen molar-refractivity contribution < 1.29 is 19.5 Å². The first kappa shape index (κ1) is 19.7. The van der Waals surface area contributed by atoms with Crippen molar-refractivity contribution in [2.24, 2.45) is 0 Å². The Morgan fingerprint density at radius 2 is 1.92 bits per heavy atom. The van der Waals surface area contributed by atoms with Crippen LogP contribution in [-0.2, 0) is 15.1 Å². The van der Waals surface area contributed by atoms with Crippen LogP contribution in [0.5, 0.6) is 0 Å². The van der Waals surface area contributed by atoms with Gasteiger partial charge in [-0.3, -0.25) is 14.3 Å². The zero-order valence-electron chi connectivity index (χ0n) is 13.9.